The van der Waals surface area contributed by atoms with Crippen LogP contribution in [0.25, 0.3) is 0 Å². The molecule has 10 heavy (non-hydrogen) atoms. The normalized spacial score (nSPS) is 12.6. The van der Waals surface area contributed by atoms with Gasteiger partial charge in [0.1, 0.15) is 0 Å². The van der Waals surface area contributed by atoms with Crippen LogP contribution in [0.15, 0.2) is 16.9 Å². The summed E-state index contributed by atoms with van der Waals surface area (Å²) < 4.78 is 0. The number of hydrogen-bond acceptors (Lipinski definition) is 2. The van der Waals surface area contributed by atoms with Crippen molar-refractivity contribution in [1.29, 1.82) is 0 Å². The Labute approximate surface area is 63.3 Å². The third kappa shape index (κ3) is 5.35. The second-order valence-corrected chi connectivity index (χ2v) is 2.45. The van der Waals surface area contributed by atoms with Crippen LogP contribution in [-0.2, 0) is 0 Å². The van der Waals surface area contributed by atoms with Crippen LogP contribution in [0.4, 0.5) is 0 Å². The molecule has 0 saturated heterocycles. The van der Waals surface area contributed by atoms with Gasteiger partial charge in [-0.05, 0) is 13.3 Å². The average Bonchev–Trinajstić information content (AvgIpc) is 1.82. The molecule has 0 rings (SSSR count). The van der Waals surface area contributed by atoms with Crippen molar-refractivity contribution in [3.8, 4) is 0 Å². The molecule has 0 bridgehead atoms. The zero-order valence-electron chi connectivity index (χ0n) is 7.26. The quantitative estimate of drug-likeness (QED) is 0.546. The molecule has 2 nitrogen and oxygen atoms in total. The van der Waals surface area contributed by atoms with Crippen LogP contribution in [0.1, 0.15) is 20.3 Å². The van der Waals surface area contributed by atoms with Crippen LogP contribution in [0.3, 0.4) is 0 Å². The first-order chi connectivity index (χ1) is 4.66. The molecule has 0 heterocycles. The maximum Gasteiger partial charge on any atom is 0.0526 e. The summed E-state index contributed by atoms with van der Waals surface area (Å²) in [5.74, 6) is 0. The molecule has 0 amide bonds. The van der Waals surface area contributed by atoms with Crippen molar-refractivity contribution in [3.63, 3.8) is 0 Å². The molecule has 0 spiro atoms. The zero-order chi connectivity index (χ0) is 7.98. The molecule has 0 aliphatic carbocycles. The Bertz CT molecular complexity index is 134. The SMILES string of the molecule is CCC=N/C(C)=C\N(C)C. The Morgan fingerprint density at radius 2 is 2.10 bits per heavy atom. The molecule has 0 aromatic heterocycles. The minimum absolute atomic E-state index is 0.999. The maximum atomic E-state index is 4.18. The lowest BCUT2D eigenvalue weighted by Crippen LogP contribution is -2.01. The highest BCUT2D eigenvalue weighted by Crippen LogP contribution is 1.93. The maximum absolute atomic E-state index is 4.18. The molecular formula is C8H16N2. The second kappa shape index (κ2) is 5.03. The van der Waals surface area contributed by atoms with E-state index in [-0.39, 0.29) is 0 Å². The highest BCUT2D eigenvalue weighted by molar-refractivity contribution is 5.58. The number of hydrogen-bond donors (Lipinski definition) is 0. The molecule has 0 aromatic rings. The van der Waals surface area contributed by atoms with Crippen LogP contribution in [0.5, 0.6) is 0 Å². The Kier molecular flexibility index (Phi) is 4.63. The van der Waals surface area contributed by atoms with Gasteiger partial charge in [0, 0.05) is 26.5 Å². The van der Waals surface area contributed by atoms with Gasteiger partial charge >= 0.3 is 0 Å². The molecule has 0 aliphatic rings. The van der Waals surface area contributed by atoms with E-state index in [0.717, 1.165) is 12.1 Å². The predicted molar refractivity (Wildman–Crippen MR) is 46.2 cm³/mol. The number of nitrogens with zero attached hydrogens (tertiary/aromatic N) is 2. The lowest BCUT2D eigenvalue weighted by Gasteiger charge is -2.03. The van der Waals surface area contributed by atoms with Gasteiger partial charge in [-0.25, -0.2) is 0 Å². The van der Waals surface area contributed by atoms with E-state index in [9.17, 15) is 0 Å². The van der Waals surface area contributed by atoms with Gasteiger partial charge in [0.15, 0.2) is 0 Å². The largest absolute Gasteiger partial charge is 0.382 e. The van der Waals surface area contributed by atoms with Gasteiger partial charge in [0.25, 0.3) is 0 Å². The summed E-state index contributed by atoms with van der Waals surface area (Å²) in [4.78, 5) is 6.17. The van der Waals surface area contributed by atoms with Crippen LogP contribution in [-0.4, -0.2) is 25.2 Å². The summed E-state index contributed by atoms with van der Waals surface area (Å²) >= 11 is 0. The van der Waals surface area contributed by atoms with E-state index in [0.29, 0.717) is 0 Å². The summed E-state index contributed by atoms with van der Waals surface area (Å²) in [5.41, 5.74) is 1.05. The lowest BCUT2D eigenvalue weighted by atomic mass is 10.5. The summed E-state index contributed by atoms with van der Waals surface area (Å²) in [6.07, 6.45) is 4.90. The standard InChI is InChI=1S/C8H16N2/c1-5-6-9-8(2)7-10(3)4/h6-7H,5H2,1-4H3/b8-7-,9-6?. The minimum atomic E-state index is 0.999. The Hall–Kier alpha value is -0.790. The molecule has 0 fully saturated rings. The van der Waals surface area contributed by atoms with Crippen molar-refractivity contribution in [3.05, 3.63) is 11.9 Å². The second-order valence-electron chi connectivity index (χ2n) is 2.45. The topological polar surface area (TPSA) is 15.6 Å². The van der Waals surface area contributed by atoms with E-state index in [1.807, 2.05) is 38.3 Å². The average molecular weight is 140 g/mol. The number of aliphatic imine (C=N–C) groups is 1. The third-order valence-electron chi connectivity index (χ3n) is 0.923. The van der Waals surface area contributed by atoms with Crippen molar-refractivity contribution in [2.45, 2.75) is 20.3 Å². The Morgan fingerprint density at radius 1 is 1.50 bits per heavy atom. The van der Waals surface area contributed by atoms with Crippen molar-refractivity contribution in [2.75, 3.05) is 14.1 Å². The van der Waals surface area contributed by atoms with Gasteiger partial charge in [-0.3, -0.25) is 4.99 Å². The van der Waals surface area contributed by atoms with Crippen molar-refractivity contribution >= 4 is 6.21 Å². The van der Waals surface area contributed by atoms with E-state index in [1.54, 1.807) is 0 Å². The molecule has 0 atom stereocenters. The monoisotopic (exact) mass is 140 g/mol. The van der Waals surface area contributed by atoms with Gasteiger partial charge < -0.3 is 4.90 Å². The first-order valence-electron chi connectivity index (χ1n) is 3.54. The summed E-state index contributed by atoms with van der Waals surface area (Å²) in [5, 5.41) is 0. The van der Waals surface area contributed by atoms with E-state index >= 15 is 0 Å². The van der Waals surface area contributed by atoms with E-state index < -0.39 is 0 Å². The van der Waals surface area contributed by atoms with Crippen LogP contribution >= 0.6 is 0 Å². The molecule has 0 unspecified atom stereocenters. The Balaban J connectivity index is 3.82. The van der Waals surface area contributed by atoms with Gasteiger partial charge in [0.2, 0.25) is 0 Å². The minimum Gasteiger partial charge on any atom is -0.382 e. The van der Waals surface area contributed by atoms with Crippen molar-refractivity contribution in [2.24, 2.45) is 4.99 Å². The van der Waals surface area contributed by atoms with Gasteiger partial charge in [-0.2, -0.15) is 0 Å². The summed E-state index contributed by atoms with van der Waals surface area (Å²) in [6, 6.07) is 0. The fourth-order valence-electron chi connectivity index (χ4n) is 0.642. The van der Waals surface area contributed by atoms with Gasteiger partial charge in [0.05, 0.1) is 5.70 Å². The molecule has 58 valence electrons. The predicted octanol–water partition coefficient (Wildman–Crippen LogP) is 1.89. The lowest BCUT2D eigenvalue weighted by molar-refractivity contribution is 0.557. The van der Waals surface area contributed by atoms with Crippen LogP contribution < -0.4 is 0 Å². The molecule has 2 heteroatoms. The molecular weight excluding hydrogens is 124 g/mol. The van der Waals surface area contributed by atoms with Gasteiger partial charge in [-0.15, -0.1) is 0 Å². The molecule has 0 N–H and O–H groups in total. The highest BCUT2D eigenvalue weighted by atomic mass is 15.0. The zero-order valence-corrected chi connectivity index (χ0v) is 7.26. The molecule has 0 saturated carbocycles. The molecule has 0 radical (unpaired) electrons. The third-order valence-corrected chi connectivity index (χ3v) is 0.923. The van der Waals surface area contributed by atoms with E-state index in [4.69, 9.17) is 0 Å². The number of allylic oxidation sites excluding steroid dienone is 1. The first-order valence-corrected chi connectivity index (χ1v) is 3.54. The summed E-state index contributed by atoms with van der Waals surface area (Å²) in [6.45, 7) is 4.07. The molecule has 0 aliphatic heterocycles. The first kappa shape index (κ1) is 9.21. The summed E-state index contributed by atoms with van der Waals surface area (Å²) in [7, 11) is 3.98. The van der Waals surface area contributed by atoms with Gasteiger partial charge in [-0.1, -0.05) is 6.92 Å². The number of rotatable bonds is 3. The Morgan fingerprint density at radius 3 is 2.50 bits per heavy atom. The fraction of sp³-hybridized carbons (Fsp3) is 0.625. The van der Waals surface area contributed by atoms with Crippen LogP contribution in [0, 0.1) is 0 Å². The fourth-order valence-corrected chi connectivity index (χ4v) is 0.642. The van der Waals surface area contributed by atoms with E-state index in [2.05, 4.69) is 11.9 Å². The van der Waals surface area contributed by atoms with Crippen molar-refractivity contribution in [1.82, 2.24) is 4.90 Å². The smallest absolute Gasteiger partial charge is 0.0526 e. The van der Waals surface area contributed by atoms with Crippen molar-refractivity contribution < 1.29 is 0 Å². The van der Waals surface area contributed by atoms with Crippen LogP contribution in [0.2, 0.25) is 0 Å². The van der Waals surface area contributed by atoms with E-state index in [1.165, 1.54) is 0 Å². The highest BCUT2D eigenvalue weighted by Gasteiger charge is 1.81. The molecule has 0 aromatic carbocycles.